The van der Waals surface area contributed by atoms with Crippen LogP contribution in [-0.4, -0.2) is 18.7 Å². The van der Waals surface area contributed by atoms with Crippen molar-refractivity contribution in [3.63, 3.8) is 0 Å². The molecule has 0 aliphatic heterocycles. The lowest BCUT2D eigenvalue weighted by Gasteiger charge is -2.02. The Balaban J connectivity index is 3.12. The highest BCUT2D eigenvalue weighted by Crippen LogP contribution is 2.01. The van der Waals surface area contributed by atoms with E-state index < -0.39 is 18.3 Å². The van der Waals surface area contributed by atoms with Gasteiger partial charge in [-0.05, 0) is 0 Å². The van der Waals surface area contributed by atoms with E-state index in [1.54, 1.807) is 0 Å². The smallest absolute Gasteiger partial charge is 0.328 e. The first-order chi connectivity index (χ1) is 8.02. The Labute approximate surface area is 83.2 Å². The van der Waals surface area contributed by atoms with E-state index in [2.05, 4.69) is 4.98 Å². The van der Waals surface area contributed by atoms with E-state index in [0.717, 1.165) is 13.7 Å². The summed E-state index contributed by atoms with van der Waals surface area (Å²) in [5, 5.41) is 0. The average molecular weight is 197 g/mol. The third-order valence-corrected chi connectivity index (χ3v) is 2.04. The summed E-state index contributed by atoms with van der Waals surface area (Å²) in [4.78, 5) is 27.3. The topological polar surface area (TPSA) is 61.8 Å². The molecule has 0 saturated carbocycles. The molecule has 0 unspecified atom stereocenters. The number of aryl methyl sites for hydroxylation is 2. The molecule has 14 heavy (non-hydrogen) atoms. The van der Waals surface area contributed by atoms with Crippen LogP contribution in [-0.2, 0) is 21.1 Å². The van der Waals surface area contributed by atoms with Crippen LogP contribution < -0.4 is 11.2 Å². The molecule has 0 atom stereocenters. The zero-order chi connectivity index (χ0) is 12.7. The molecule has 2 rings (SSSR count). The molecule has 6 nitrogen and oxygen atoms in total. The van der Waals surface area contributed by atoms with Gasteiger partial charge in [0.15, 0.2) is 11.2 Å². The van der Waals surface area contributed by atoms with Crippen LogP contribution in [0.25, 0.3) is 11.2 Å². The first-order valence-electron chi connectivity index (χ1n) is 5.69. The van der Waals surface area contributed by atoms with Crippen LogP contribution in [0.3, 0.4) is 0 Å². The zero-order valence-corrected chi connectivity index (χ0v) is 7.52. The van der Waals surface area contributed by atoms with E-state index in [0.29, 0.717) is 0 Å². The van der Waals surface area contributed by atoms with Crippen LogP contribution in [0.2, 0.25) is 0 Å². The van der Waals surface area contributed by atoms with Crippen LogP contribution in [0, 0.1) is 0 Å². The normalized spacial score (nSPS) is 13.9. The van der Waals surface area contributed by atoms with Gasteiger partial charge in [0.25, 0.3) is 5.56 Å². The molecule has 2 aromatic rings. The van der Waals surface area contributed by atoms with Gasteiger partial charge in [0.1, 0.15) is 1.37 Å². The fraction of sp³-hybridized carbons (Fsp3) is 0.375. The maximum absolute atomic E-state index is 11.9. The van der Waals surface area contributed by atoms with E-state index in [1.165, 1.54) is 7.05 Å². The summed E-state index contributed by atoms with van der Waals surface area (Å²) in [7, 11) is 0.569. The number of aromatic nitrogens is 4. The third kappa shape index (κ3) is 0.876. The van der Waals surface area contributed by atoms with E-state index >= 15 is 0 Å². The van der Waals surface area contributed by atoms with E-state index in [1.807, 2.05) is 0 Å². The molecule has 2 aromatic heterocycles. The fourth-order valence-corrected chi connectivity index (χ4v) is 1.25. The summed E-state index contributed by atoms with van der Waals surface area (Å²) in [6, 6.07) is 0. The average Bonchev–Trinajstić information content (AvgIpc) is 2.63. The molecule has 2 heterocycles. The fourth-order valence-electron chi connectivity index (χ4n) is 1.25. The SMILES string of the molecule is [2H]Cn1c([2H])nc2c1c(=O)n(C)c(=O)n2C[2H]. The Kier molecular flexibility index (Phi) is 1.06. The Hall–Kier alpha value is -1.85. The van der Waals surface area contributed by atoms with Crippen molar-refractivity contribution in [2.45, 2.75) is 0 Å². The predicted molar refractivity (Wildman–Crippen MR) is 51.2 cm³/mol. The maximum atomic E-state index is 11.9. The largest absolute Gasteiger partial charge is 0.332 e. The van der Waals surface area contributed by atoms with Crippen molar-refractivity contribution < 1.29 is 4.11 Å². The van der Waals surface area contributed by atoms with Crippen molar-refractivity contribution in [3.05, 3.63) is 27.1 Å². The number of nitrogens with zero attached hydrogens (tertiary/aromatic N) is 4. The first kappa shape index (κ1) is 5.79. The molecule has 0 spiro atoms. The molecular formula is C8H10N4O2. The van der Waals surface area contributed by atoms with Crippen molar-refractivity contribution in [3.8, 4) is 0 Å². The van der Waals surface area contributed by atoms with E-state index in [-0.39, 0.29) is 24.5 Å². The molecule has 0 radical (unpaired) electrons. The second kappa shape index (κ2) is 2.57. The predicted octanol–water partition coefficient (Wildman–Crippen LogP) is -1.03. The lowest BCUT2D eigenvalue weighted by atomic mass is 10.5. The van der Waals surface area contributed by atoms with Gasteiger partial charge in [0, 0.05) is 23.8 Å². The summed E-state index contributed by atoms with van der Waals surface area (Å²) in [6.07, 6.45) is -0.264. The summed E-state index contributed by atoms with van der Waals surface area (Å²) >= 11 is 0. The monoisotopic (exact) mass is 197 g/mol. The molecule has 0 fully saturated rings. The molecule has 0 N–H and O–H groups in total. The second-order valence-electron chi connectivity index (χ2n) is 2.89. The molecular weight excluding hydrogens is 184 g/mol. The minimum atomic E-state index is -0.646. The minimum Gasteiger partial charge on any atom is -0.328 e. The quantitative estimate of drug-likeness (QED) is 0.542. The van der Waals surface area contributed by atoms with Crippen molar-refractivity contribution in [1.29, 1.82) is 0 Å². The lowest BCUT2D eigenvalue weighted by Crippen LogP contribution is -2.37. The molecule has 0 saturated heterocycles. The highest BCUT2D eigenvalue weighted by atomic mass is 16.2. The van der Waals surface area contributed by atoms with Crippen LogP contribution in [0.5, 0.6) is 0 Å². The van der Waals surface area contributed by atoms with Crippen molar-refractivity contribution >= 4 is 11.2 Å². The molecule has 0 aromatic carbocycles. The van der Waals surface area contributed by atoms with E-state index in [9.17, 15) is 9.59 Å². The first-order valence-corrected chi connectivity index (χ1v) is 3.78. The van der Waals surface area contributed by atoms with Gasteiger partial charge in [-0.2, -0.15) is 0 Å². The summed E-state index contributed by atoms with van der Waals surface area (Å²) in [5.41, 5.74) is -1.25. The van der Waals surface area contributed by atoms with Gasteiger partial charge < -0.3 is 4.57 Å². The second-order valence-corrected chi connectivity index (χ2v) is 2.89. The van der Waals surface area contributed by atoms with Gasteiger partial charge in [0.2, 0.25) is 0 Å². The highest BCUT2D eigenvalue weighted by molar-refractivity contribution is 5.69. The van der Waals surface area contributed by atoms with Gasteiger partial charge in [-0.15, -0.1) is 0 Å². The van der Waals surface area contributed by atoms with Crippen LogP contribution in [0.4, 0.5) is 0 Å². The van der Waals surface area contributed by atoms with Gasteiger partial charge in [0.05, 0.1) is 6.30 Å². The summed E-state index contributed by atoms with van der Waals surface area (Å²) < 4.78 is 25.0. The minimum absolute atomic E-state index is 0.00894. The Morgan fingerprint density at radius 3 is 2.86 bits per heavy atom. The Bertz CT molecular complexity index is 699. The van der Waals surface area contributed by atoms with Gasteiger partial charge in [-0.3, -0.25) is 13.9 Å². The Morgan fingerprint density at radius 1 is 1.43 bits per heavy atom. The molecule has 0 bridgehead atoms. The number of rotatable bonds is 0. The molecule has 74 valence electrons. The van der Waals surface area contributed by atoms with Crippen molar-refractivity contribution in [2.24, 2.45) is 21.1 Å². The zero-order valence-electron chi connectivity index (χ0n) is 10.5. The maximum Gasteiger partial charge on any atom is 0.332 e. The van der Waals surface area contributed by atoms with Gasteiger partial charge >= 0.3 is 5.69 Å². The lowest BCUT2D eigenvalue weighted by molar-refractivity contribution is 0.705. The molecule has 0 amide bonds. The van der Waals surface area contributed by atoms with Gasteiger partial charge in [-0.25, -0.2) is 9.78 Å². The molecule has 0 aliphatic rings. The standard InChI is InChI=1S/C8H10N4O2/c1-10-4-9-6-5(10)7(13)12(3)8(14)11(6)2/h4H,1-3H3/i1D,2D,4D. The summed E-state index contributed by atoms with van der Waals surface area (Å²) in [5.74, 6) is 0. The molecule has 0 aliphatic carbocycles. The number of hydrogen-bond donors (Lipinski definition) is 0. The van der Waals surface area contributed by atoms with Crippen molar-refractivity contribution in [1.82, 2.24) is 18.7 Å². The number of imidazole rings is 1. The number of fused-ring (bicyclic) bond motifs is 1. The van der Waals surface area contributed by atoms with Crippen LogP contribution in [0.1, 0.15) is 4.11 Å². The summed E-state index contributed by atoms with van der Waals surface area (Å²) in [6.45, 7) is 0. The van der Waals surface area contributed by atoms with Crippen molar-refractivity contribution in [2.75, 3.05) is 0 Å². The van der Waals surface area contributed by atoms with Crippen LogP contribution in [0.15, 0.2) is 15.9 Å². The number of hydrogen-bond acceptors (Lipinski definition) is 3. The third-order valence-electron chi connectivity index (χ3n) is 2.04. The van der Waals surface area contributed by atoms with Gasteiger partial charge in [-0.1, -0.05) is 0 Å². The highest BCUT2D eigenvalue weighted by Gasteiger charge is 2.11. The Morgan fingerprint density at radius 2 is 2.21 bits per heavy atom. The molecule has 6 heteroatoms. The van der Waals surface area contributed by atoms with E-state index in [4.69, 9.17) is 4.11 Å². The van der Waals surface area contributed by atoms with Crippen LogP contribution >= 0.6 is 0 Å².